The van der Waals surface area contributed by atoms with Crippen LogP contribution in [0.4, 0.5) is 0 Å². The van der Waals surface area contributed by atoms with E-state index in [0.717, 1.165) is 63.6 Å². The molecule has 1 heterocycles. The van der Waals surface area contributed by atoms with E-state index in [2.05, 4.69) is 50.2 Å². The maximum absolute atomic E-state index is 11.9. The average Bonchev–Trinajstić information content (AvgIpc) is 2.62. The highest BCUT2D eigenvalue weighted by molar-refractivity contribution is 14.0. The summed E-state index contributed by atoms with van der Waals surface area (Å²) in [5.41, 5.74) is 1.10. The molecule has 0 bridgehead atoms. The van der Waals surface area contributed by atoms with Crippen molar-refractivity contribution in [3.8, 4) is 0 Å². The van der Waals surface area contributed by atoms with Crippen molar-refractivity contribution < 1.29 is 0 Å². The maximum atomic E-state index is 11.9. The molecule has 0 unspecified atom stereocenters. The fraction of sp³-hybridized carbons (Fsp3) is 0.727. The molecule has 1 rings (SSSR count). The molecule has 168 valence electrons. The number of guanidine groups is 1. The summed E-state index contributed by atoms with van der Waals surface area (Å²) in [4.78, 5) is 19.1. The van der Waals surface area contributed by atoms with Gasteiger partial charge in [0.25, 0.3) is 5.56 Å². The van der Waals surface area contributed by atoms with Gasteiger partial charge in [-0.15, -0.1) is 24.0 Å². The van der Waals surface area contributed by atoms with Crippen molar-refractivity contribution >= 4 is 29.9 Å². The summed E-state index contributed by atoms with van der Waals surface area (Å²) in [5.74, 6) is 0.885. The zero-order chi connectivity index (χ0) is 20.9. The molecule has 0 aliphatic rings. The van der Waals surface area contributed by atoms with E-state index >= 15 is 0 Å². The van der Waals surface area contributed by atoms with Gasteiger partial charge in [0, 0.05) is 56.6 Å². The largest absolute Gasteiger partial charge is 0.357 e. The number of rotatable bonds is 12. The minimum Gasteiger partial charge on any atom is -0.357 e. The lowest BCUT2D eigenvalue weighted by atomic mass is 10.2. The van der Waals surface area contributed by atoms with Crippen LogP contribution in [0.25, 0.3) is 0 Å². The Morgan fingerprint density at radius 2 is 1.79 bits per heavy atom. The molecular weight excluding hydrogens is 477 g/mol. The molecule has 0 aliphatic carbocycles. The summed E-state index contributed by atoms with van der Waals surface area (Å²) in [5, 5.41) is 6.72. The molecule has 0 aromatic carbocycles. The second-order valence-corrected chi connectivity index (χ2v) is 7.83. The van der Waals surface area contributed by atoms with E-state index < -0.39 is 0 Å². The van der Waals surface area contributed by atoms with Crippen molar-refractivity contribution in [1.82, 2.24) is 20.1 Å². The molecule has 0 radical (unpaired) electrons. The highest BCUT2D eigenvalue weighted by Gasteiger charge is 2.12. The third-order valence-corrected chi connectivity index (χ3v) is 4.88. The van der Waals surface area contributed by atoms with Gasteiger partial charge in [-0.05, 0) is 66.9 Å². The van der Waals surface area contributed by atoms with E-state index in [4.69, 9.17) is 4.99 Å². The molecule has 0 aliphatic heterocycles. The monoisotopic (exact) mass is 519 g/mol. The summed E-state index contributed by atoms with van der Waals surface area (Å²) in [6.45, 7) is 17.4. The summed E-state index contributed by atoms with van der Waals surface area (Å²) in [6.07, 6.45) is 3.03. The van der Waals surface area contributed by atoms with E-state index in [1.165, 1.54) is 0 Å². The Hall–Kier alpha value is -1.09. The first-order chi connectivity index (χ1) is 13.4. The van der Waals surface area contributed by atoms with Gasteiger partial charge in [0.15, 0.2) is 5.96 Å². The summed E-state index contributed by atoms with van der Waals surface area (Å²) >= 11 is 0. The second-order valence-electron chi connectivity index (χ2n) is 7.83. The summed E-state index contributed by atoms with van der Waals surface area (Å²) < 4.78 is 1.84. The van der Waals surface area contributed by atoms with Crippen LogP contribution in [0.3, 0.4) is 0 Å². The van der Waals surface area contributed by atoms with Crippen LogP contribution in [-0.4, -0.2) is 53.7 Å². The number of nitrogens with one attached hydrogen (secondary N) is 2. The van der Waals surface area contributed by atoms with Crippen molar-refractivity contribution in [3.63, 3.8) is 0 Å². The maximum Gasteiger partial charge on any atom is 0.250 e. The van der Waals surface area contributed by atoms with Gasteiger partial charge in [-0.3, -0.25) is 14.7 Å². The fourth-order valence-electron chi connectivity index (χ4n) is 3.41. The van der Waals surface area contributed by atoms with Crippen LogP contribution in [0.5, 0.6) is 0 Å². The highest BCUT2D eigenvalue weighted by Crippen LogP contribution is 2.05. The van der Waals surface area contributed by atoms with Crippen molar-refractivity contribution in [2.45, 2.75) is 79.4 Å². The Balaban J connectivity index is 0.00000784. The molecule has 0 atom stereocenters. The number of aliphatic imine (C=N–C) groups is 1. The molecule has 6 nitrogen and oxygen atoms in total. The first kappa shape index (κ1) is 27.9. The van der Waals surface area contributed by atoms with Crippen LogP contribution in [0.1, 0.15) is 59.6 Å². The number of unbranched alkanes of at least 4 members (excludes halogenated alkanes) is 1. The van der Waals surface area contributed by atoms with Gasteiger partial charge in [-0.1, -0.05) is 6.07 Å². The Morgan fingerprint density at radius 1 is 1.10 bits per heavy atom. The zero-order valence-electron chi connectivity index (χ0n) is 19.2. The van der Waals surface area contributed by atoms with Gasteiger partial charge in [0.2, 0.25) is 0 Å². The van der Waals surface area contributed by atoms with Gasteiger partial charge in [0.05, 0.1) is 0 Å². The SMILES string of the molecule is CCNC(=NCCCN(C(C)C)C(C)C)NCCCCn1c(C)cccc1=O.I. The Bertz CT molecular complexity index is 634. The zero-order valence-corrected chi connectivity index (χ0v) is 21.5. The van der Waals surface area contributed by atoms with Crippen LogP contribution in [0.15, 0.2) is 28.0 Å². The minimum atomic E-state index is 0. The number of hydrogen-bond donors (Lipinski definition) is 2. The number of aryl methyl sites for hydroxylation is 1. The standard InChI is InChI=1S/C22H41N5O.HI/c1-7-23-22(25-15-11-17-26(18(2)3)19(4)5)24-14-8-9-16-27-20(6)12-10-13-21(27)28;/h10,12-13,18-19H,7-9,11,14-17H2,1-6H3,(H2,23,24,25);1H. The van der Waals surface area contributed by atoms with Crippen molar-refractivity contribution in [2.75, 3.05) is 26.2 Å². The van der Waals surface area contributed by atoms with E-state index in [-0.39, 0.29) is 29.5 Å². The predicted molar refractivity (Wildman–Crippen MR) is 136 cm³/mol. The van der Waals surface area contributed by atoms with E-state index in [1.54, 1.807) is 6.07 Å². The Kier molecular flexibility index (Phi) is 15.1. The second kappa shape index (κ2) is 15.7. The van der Waals surface area contributed by atoms with Crippen LogP contribution < -0.4 is 16.2 Å². The molecule has 1 aromatic heterocycles. The molecule has 29 heavy (non-hydrogen) atoms. The lowest BCUT2D eigenvalue weighted by molar-refractivity contribution is 0.174. The summed E-state index contributed by atoms with van der Waals surface area (Å²) in [7, 11) is 0. The number of nitrogens with zero attached hydrogens (tertiary/aromatic N) is 3. The molecule has 0 saturated carbocycles. The number of aromatic nitrogens is 1. The predicted octanol–water partition coefficient (Wildman–Crippen LogP) is 3.62. The molecule has 0 saturated heterocycles. The number of hydrogen-bond acceptors (Lipinski definition) is 3. The normalized spacial score (nSPS) is 11.8. The van der Waals surface area contributed by atoms with Crippen LogP contribution in [0, 0.1) is 6.92 Å². The molecule has 2 N–H and O–H groups in total. The number of halogens is 1. The third-order valence-electron chi connectivity index (χ3n) is 4.88. The first-order valence-corrected chi connectivity index (χ1v) is 10.8. The van der Waals surface area contributed by atoms with E-state index in [1.807, 2.05) is 23.6 Å². The van der Waals surface area contributed by atoms with Gasteiger partial charge in [-0.2, -0.15) is 0 Å². The lowest BCUT2D eigenvalue weighted by Crippen LogP contribution is -2.39. The van der Waals surface area contributed by atoms with Crippen LogP contribution in [0.2, 0.25) is 0 Å². The smallest absolute Gasteiger partial charge is 0.250 e. The molecular formula is C22H42IN5O. The highest BCUT2D eigenvalue weighted by atomic mass is 127. The van der Waals surface area contributed by atoms with Gasteiger partial charge >= 0.3 is 0 Å². The van der Waals surface area contributed by atoms with Gasteiger partial charge < -0.3 is 15.2 Å². The van der Waals surface area contributed by atoms with E-state index in [9.17, 15) is 4.79 Å². The number of pyridine rings is 1. The van der Waals surface area contributed by atoms with Crippen molar-refractivity contribution in [2.24, 2.45) is 4.99 Å². The van der Waals surface area contributed by atoms with Gasteiger partial charge in [-0.25, -0.2) is 0 Å². The van der Waals surface area contributed by atoms with E-state index in [0.29, 0.717) is 12.1 Å². The van der Waals surface area contributed by atoms with Crippen LogP contribution >= 0.6 is 24.0 Å². The Labute approximate surface area is 194 Å². The molecule has 1 aromatic rings. The van der Waals surface area contributed by atoms with Crippen molar-refractivity contribution in [3.05, 3.63) is 34.2 Å². The topological polar surface area (TPSA) is 61.7 Å². The van der Waals surface area contributed by atoms with Gasteiger partial charge in [0.1, 0.15) is 0 Å². The quantitative estimate of drug-likeness (QED) is 0.192. The van der Waals surface area contributed by atoms with Crippen molar-refractivity contribution in [1.29, 1.82) is 0 Å². The molecule has 0 amide bonds. The molecule has 0 fully saturated rings. The first-order valence-electron chi connectivity index (χ1n) is 10.8. The third kappa shape index (κ3) is 11.0. The summed E-state index contributed by atoms with van der Waals surface area (Å²) in [6, 6.07) is 6.55. The Morgan fingerprint density at radius 3 is 2.38 bits per heavy atom. The fourth-order valence-corrected chi connectivity index (χ4v) is 3.41. The molecule has 7 heteroatoms. The lowest BCUT2D eigenvalue weighted by Gasteiger charge is -2.30. The molecule has 0 spiro atoms. The minimum absolute atomic E-state index is 0. The average molecular weight is 520 g/mol. The van der Waals surface area contributed by atoms with Crippen LogP contribution in [-0.2, 0) is 6.54 Å².